The first kappa shape index (κ1) is 18.0. The maximum atomic E-state index is 11.5. The van der Waals surface area contributed by atoms with Gasteiger partial charge in [-0.3, -0.25) is 0 Å². The molecule has 7 heteroatoms. The second kappa shape index (κ2) is 9.83. The number of carbonyl (C=O) groups is 1. The highest BCUT2D eigenvalue weighted by atomic mass is 16.5. The molecule has 1 rings (SSSR count). The van der Waals surface area contributed by atoms with Gasteiger partial charge in [0.05, 0.1) is 7.11 Å². The standard InChI is InChI=1S/C15H25N3O4/c1-5-16-15(17-7-6-8-20-3)18-10-12-9-13(11(2)22-12)14(19)21-4/h9H,5-8,10H2,1-4H3,(H2,16,17,18). The van der Waals surface area contributed by atoms with E-state index in [2.05, 4.69) is 15.6 Å². The molecule has 0 aliphatic rings. The van der Waals surface area contributed by atoms with Crippen LogP contribution in [0.25, 0.3) is 0 Å². The first-order valence-electron chi connectivity index (χ1n) is 7.31. The predicted molar refractivity (Wildman–Crippen MR) is 84.1 cm³/mol. The number of hydrogen-bond acceptors (Lipinski definition) is 5. The van der Waals surface area contributed by atoms with E-state index < -0.39 is 5.97 Å². The molecular formula is C15H25N3O4. The van der Waals surface area contributed by atoms with Crippen molar-refractivity contribution in [2.45, 2.75) is 26.8 Å². The third-order valence-electron chi connectivity index (χ3n) is 2.93. The van der Waals surface area contributed by atoms with Crippen molar-refractivity contribution >= 4 is 11.9 Å². The van der Waals surface area contributed by atoms with Crippen molar-refractivity contribution in [1.82, 2.24) is 10.6 Å². The lowest BCUT2D eigenvalue weighted by molar-refractivity contribution is 0.0599. The van der Waals surface area contributed by atoms with Crippen LogP contribution in [0.2, 0.25) is 0 Å². The van der Waals surface area contributed by atoms with Crippen molar-refractivity contribution in [2.24, 2.45) is 4.99 Å². The molecule has 22 heavy (non-hydrogen) atoms. The Balaban J connectivity index is 2.63. The van der Waals surface area contributed by atoms with Gasteiger partial charge >= 0.3 is 5.97 Å². The van der Waals surface area contributed by atoms with Gasteiger partial charge in [0.1, 0.15) is 23.6 Å². The number of guanidine groups is 1. The zero-order valence-electron chi connectivity index (χ0n) is 13.7. The number of hydrogen-bond donors (Lipinski definition) is 2. The highest BCUT2D eigenvalue weighted by molar-refractivity contribution is 5.90. The smallest absolute Gasteiger partial charge is 0.341 e. The fourth-order valence-corrected chi connectivity index (χ4v) is 1.86. The van der Waals surface area contributed by atoms with E-state index in [9.17, 15) is 4.79 Å². The minimum atomic E-state index is -0.402. The van der Waals surface area contributed by atoms with Gasteiger partial charge in [-0.25, -0.2) is 9.79 Å². The van der Waals surface area contributed by atoms with Crippen LogP contribution in [0.5, 0.6) is 0 Å². The Kier molecular flexibility index (Phi) is 8.06. The van der Waals surface area contributed by atoms with Gasteiger partial charge in [0, 0.05) is 26.8 Å². The zero-order chi connectivity index (χ0) is 16.4. The number of ether oxygens (including phenoxy) is 2. The molecule has 0 aliphatic heterocycles. The molecule has 0 fully saturated rings. The van der Waals surface area contributed by atoms with Crippen molar-refractivity contribution in [3.63, 3.8) is 0 Å². The summed E-state index contributed by atoms with van der Waals surface area (Å²) in [5, 5.41) is 6.36. The number of furan rings is 1. The van der Waals surface area contributed by atoms with Crippen LogP contribution in [0.1, 0.15) is 35.2 Å². The average molecular weight is 311 g/mol. The number of esters is 1. The summed E-state index contributed by atoms with van der Waals surface area (Å²) >= 11 is 0. The number of aliphatic imine (C=N–C) groups is 1. The Morgan fingerprint density at radius 2 is 2.14 bits per heavy atom. The molecule has 0 aliphatic carbocycles. The topological polar surface area (TPSA) is 85.1 Å². The molecule has 0 amide bonds. The lowest BCUT2D eigenvalue weighted by Crippen LogP contribution is -2.38. The Hall–Kier alpha value is -2.02. The van der Waals surface area contributed by atoms with Crippen LogP contribution in [-0.2, 0) is 16.0 Å². The summed E-state index contributed by atoms with van der Waals surface area (Å²) in [6.07, 6.45) is 0.896. The van der Waals surface area contributed by atoms with Crippen molar-refractivity contribution in [3.8, 4) is 0 Å². The maximum absolute atomic E-state index is 11.5. The highest BCUT2D eigenvalue weighted by Gasteiger charge is 2.15. The molecule has 0 unspecified atom stereocenters. The average Bonchev–Trinajstić information content (AvgIpc) is 2.89. The largest absolute Gasteiger partial charge is 0.465 e. The van der Waals surface area contributed by atoms with Crippen LogP contribution in [-0.4, -0.2) is 45.8 Å². The number of nitrogens with one attached hydrogen (secondary N) is 2. The summed E-state index contributed by atoms with van der Waals surface area (Å²) in [7, 11) is 3.03. The van der Waals surface area contributed by atoms with Gasteiger partial charge in [0.25, 0.3) is 0 Å². The highest BCUT2D eigenvalue weighted by Crippen LogP contribution is 2.16. The molecule has 0 spiro atoms. The lowest BCUT2D eigenvalue weighted by atomic mass is 10.2. The molecule has 0 aromatic carbocycles. The van der Waals surface area contributed by atoms with E-state index in [1.54, 1.807) is 20.1 Å². The van der Waals surface area contributed by atoms with Crippen molar-refractivity contribution in [1.29, 1.82) is 0 Å². The molecule has 0 atom stereocenters. The van der Waals surface area contributed by atoms with Crippen molar-refractivity contribution in [3.05, 3.63) is 23.2 Å². The Bertz CT molecular complexity index is 497. The van der Waals surface area contributed by atoms with Gasteiger partial charge in [-0.15, -0.1) is 0 Å². The molecule has 0 radical (unpaired) electrons. The van der Waals surface area contributed by atoms with E-state index in [4.69, 9.17) is 13.9 Å². The Morgan fingerprint density at radius 1 is 1.36 bits per heavy atom. The maximum Gasteiger partial charge on any atom is 0.341 e. The lowest BCUT2D eigenvalue weighted by Gasteiger charge is -2.10. The minimum Gasteiger partial charge on any atom is -0.465 e. The number of rotatable bonds is 8. The predicted octanol–water partition coefficient (Wildman–Crippen LogP) is 1.47. The minimum absolute atomic E-state index is 0.345. The van der Waals surface area contributed by atoms with Crippen LogP contribution >= 0.6 is 0 Å². The second-order valence-electron chi connectivity index (χ2n) is 4.64. The monoisotopic (exact) mass is 311 g/mol. The summed E-state index contributed by atoms with van der Waals surface area (Å²) in [4.78, 5) is 16.0. The molecule has 0 bridgehead atoms. The first-order chi connectivity index (χ1) is 10.6. The summed E-state index contributed by atoms with van der Waals surface area (Å²) in [6, 6.07) is 1.67. The number of nitrogens with zero attached hydrogens (tertiary/aromatic N) is 1. The van der Waals surface area contributed by atoms with Crippen molar-refractivity contribution < 1.29 is 18.7 Å². The van der Waals surface area contributed by atoms with E-state index in [1.807, 2.05) is 6.92 Å². The van der Waals surface area contributed by atoms with Crippen LogP contribution in [0.4, 0.5) is 0 Å². The molecular weight excluding hydrogens is 286 g/mol. The van der Waals surface area contributed by atoms with Gasteiger partial charge < -0.3 is 24.5 Å². The number of methoxy groups -OCH3 is 2. The summed E-state index contributed by atoms with van der Waals surface area (Å²) in [5.74, 6) is 1.45. The Morgan fingerprint density at radius 3 is 2.77 bits per heavy atom. The molecule has 1 aromatic heterocycles. The van der Waals surface area contributed by atoms with Crippen LogP contribution in [0.15, 0.2) is 15.5 Å². The van der Waals surface area contributed by atoms with Gasteiger partial charge in [-0.1, -0.05) is 0 Å². The normalized spacial score (nSPS) is 11.4. The second-order valence-corrected chi connectivity index (χ2v) is 4.64. The SMILES string of the molecule is CCNC(=NCc1cc(C(=O)OC)c(C)o1)NCCCOC. The van der Waals surface area contributed by atoms with Crippen LogP contribution in [0.3, 0.4) is 0 Å². The van der Waals surface area contributed by atoms with E-state index >= 15 is 0 Å². The Labute approximate surface area is 131 Å². The van der Waals surface area contributed by atoms with Gasteiger partial charge in [-0.05, 0) is 26.3 Å². The van der Waals surface area contributed by atoms with Crippen LogP contribution < -0.4 is 10.6 Å². The van der Waals surface area contributed by atoms with Gasteiger partial charge in [0.15, 0.2) is 5.96 Å². The molecule has 7 nitrogen and oxygen atoms in total. The van der Waals surface area contributed by atoms with E-state index in [-0.39, 0.29) is 0 Å². The fourth-order valence-electron chi connectivity index (χ4n) is 1.86. The fraction of sp³-hybridized carbons (Fsp3) is 0.600. The first-order valence-corrected chi connectivity index (χ1v) is 7.31. The van der Waals surface area contributed by atoms with E-state index in [1.165, 1.54) is 7.11 Å². The molecule has 1 heterocycles. The quantitative estimate of drug-likeness (QED) is 0.327. The van der Waals surface area contributed by atoms with Gasteiger partial charge in [-0.2, -0.15) is 0 Å². The molecule has 2 N–H and O–H groups in total. The summed E-state index contributed by atoms with van der Waals surface area (Å²) < 4.78 is 15.2. The molecule has 0 saturated carbocycles. The van der Waals surface area contributed by atoms with Crippen LogP contribution in [0, 0.1) is 6.92 Å². The molecule has 124 valence electrons. The van der Waals surface area contributed by atoms with Crippen molar-refractivity contribution in [2.75, 3.05) is 33.9 Å². The number of carbonyl (C=O) groups excluding carboxylic acids is 1. The third kappa shape index (κ3) is 5.77. The zero-order valence-corrected chi connectivity index (χ0v) is 13.7. The number of aryl methyl sites for hydroxylation is 1. The molecule has 0 saturated heterocycles. The summed E-state index contributed by atoms with van der Waals surface area (Å²) in [6.45, 7) is 6.31. The van der Waals surface area contributed by atoms with E-state index in [0.29, 0.717) is 36.2 Å². The molecule has 1 aromatic rings. The van der Waals surface area contributed by atoms with E-state index in [0.717, 1.165) is 19.5 Å². The summed E-state index contributed by atoms with van der Waals surface area (Å²) in [5.41, 5.74) is 0.436. The van der Waals surface area contributed by atoms with Gasteiger partial charge in [0.2, 0.25) is 0 Å². The third-order valence-corrected chi connectivity index (χ3v) is 2.93.